The van der Waals surface area contributed by atoms with E-state index in [1.165, 1.54) is 0 Å². The SMILES string of the molecule is C=C1CC1C(=O)NCc1ccc(-n2cc(C(C)(C)OC)nn2)cc1. The highest BCUT2D eigenvalue weighted by Gasteiger charge is 2.34. The van der Waals surface area contributed by atoms with Gasteiger partial charge in [-0.05, 0) is 38.0 Å². The van der Waals surface area contributed by atoms with E-state index in [9.17, 15) is 4.79 Å². The molecule has 1 N–H and O–H groups in total. The summed E-state index contributed by atoms with van der Waals surface area (Å²) in [6.07, 6.45) is 2.68. The van der Waals surface area contributed by atoms with Crippen LogP contribution in [-0.2, 0) is 21.7 Å². The van der Waals surface area contributed by atoms with E-state index >= 15 is 0 Å². The highest BCUT2D eigenvalue weighted by molar-refractivity contribution is 5.85. The number of hydrogen-bond donors (Lipinski definition) is 1. The quantitative estimate of drug-likeness (QED) is 0.827. The van der Waals surface area contributed by atoms with Gasteiger partial charge in [0.1, 0.15) is 11.3 Å². The van der Waals surface area contributed by atoms with Crippen molar-refractivity contribution >= 4 is 5.91 Å². The molecule has 0 bridgehead atoms. The number of hydrogen-bond acceptors (Lipinski definition) is 4. The molecule has 2 aromatic rings. The second kappa shape index (κ2) is 6.20. The summed E-state index contributed by atoms with van der Waals surface area (Å²) in [6, 6.07) is 7.85. The molecule has 6 heteroatoms. The number of carbonyl (C=O) groups excluding carboxylic acids is 1. The highest BCUT2D eigenvalue weighted by Crippen LogP contribution is 2.35. The van der Waals surface area contributed by atoms with Crippen LogP contribution in [0.15, 0.2) is 42.6 Å². The molecule has 1 amide bonds. The van der Waals surface area contributed by atoms with Gasteiger partial charge in [0, 0.05) is 13.7 Å². The second-order valence-electron chi connectivity index (χ2n) is 6.56. The van der Waals surface area contributed by atoms with Crippen molar-refractivity contribution in [2.45, 2.75) is 32.4 Å². The minimum Gasteiger partial charge on any atom is -0.372 e. The summed E-state index contributed by atoms with van der Waals surface area (Å²) in [4.78, 5) is 11.8. The molecule has 6 nitrogen and oxygen atoms in total. The molecule has 1 aromatic carbocycles. The Bertz CT molecular complexity index is 762. The molecule has 0 radical (unpaired) electrons. The smallest absolute Gasteiger partial charge is 0.227 e. The van der Waals surface area contributed by atoms with E-state index < -0.39 is 5.60 Å². The molecule has 1 atom stereocenters. The Labute approximate surface area is 141 Å². The molecular formula is C18H22N4O2. The Morgan fingerprint density at radius 2 is 2.08 bits per heavy atom. The molecular weight excluding hydrogens is 304 g/mol. The maximum atomic E-state index is 11.8. The topological polar surface area (TPSA) is 69.0 Å². The van der Waals surface area contributed by atoms with Crippen molar-refractivity contribution in [2.75, 3.05) is 7.11 Å². The van der Waals surface area contributed by atoms with Crippen molar-refractivity contribution < 1.29 is 9.53 Å². The van der Waals surface area contributed by atoms with Gasteiger partial charge in [-0.2, -0.15) is 0 Å². The molecule has 1 saturated carbocycles. The number of methoxy groups -OCH3 is 1. The molecule has 1 fully saturated rings. The van der Waals surface area contributed by atoms with E-state index in [-0.39, 0.29) is 11.8 Å². The zero-order chi connectivity index (χ0) is 17.3. The van der Waals surface area contributed by atoms with E-state index in [0.29, 0.717) is 6.54 Å². The molecule has 0 spiro atoms. The molecule has 1 unspecified atom stereocenters. The van der Waals surface area contributed by atoms with Gasteiger partial charge in [0.25, 0.3) is 0 Å². The van der Waals surface area contributed by atoms with Crippen molar-refractivity contribution in [2.24, 2.45) is 5.92 Å². The number of ether oxygens (including phenoxy) is 1. The first-order chi connectivity index (χ1) is 11.4. The first-order valence-corrected chi connectivity index (χ1v) is 7.93. The summed E-state index contributed by atoms with van der Waals surface area (Å²) < 4.78 is 7.13. The molecule has 1 heterocycles. The van der Waals surface area contributed by atoms with Gasteiger partial charge in [-0.15, -0.1) is 5.10 Å². The average molecular weight is 326 g/mol. The number of carbonyl (C=O) groups is 1. The third kappa shape index (κ3) is 3.38. The van der Waals surface area contributed by atoms with Crippen molar-refractivity contribution in [3.8, 4) is 5.69 Å². The third-order valence-electron chi connectivity index (χ3n) is 4.40. The predicted octanol–water partition coefficient (Wildman–Crippen LogP) is 2.34. The highest BCUT2D eigenvalue weighted by atomic mass is 16.5. The van der Waals surface area contributed by atoms with Gasteiger partial charge in [0.05, 0.1) is 17.8 Å². The van der Waals surface area contributed by atoms with Crippen LogP contribution in [0.3, 0.4) is 0 Å². The summed E-state index contributed by atoms with van der Waals surface area (Å²) in [5, 5.41) is 11.3. The Hall–Kier alpha value is -2.47. The number of benzene rings is 1. The monoisotopic (exact) mass is 326 g/mol. The van der Waals surface area contributed by atoms with Crippen LogP contribution in [0.2, 0.25) is 0 Å². The van der Waals surface area contributed by atoms with Crippen LogP contribution >= 0.6 is 0 Å². The molecule has 0 aliphatic heterocycles. The zero-order valence-electron chi connectivity index (χ0n) is 14.2. The van der Waals surface area contributed by atoms with Gasteiger partial charge in [-0.25, -0.2) is 4.68 Å². The van der Waals surface area contributed by atoms with E-state index in [1.807, 2.05) is 44.3 Å². The third-order valence-corrected chi connectivity index (χ3v) is 4.40. The zero-order valence-corrected chi connectivity index (χ0v) is 14.2. The lowest BCUT2D eigenvalue weighted by molar-refractivity contribution is -0.122. The van der Waals surface area contributed by atoms with E-state index in [2.05, 4.69) is 22.2 Å². The second-order valence-corrected chi connectivity index (χ2v) is 6.56. The van der Waals surface area contributed by atoms with Gasteiger partial charge in [0.15, 0.2) is 0 Å². The summed E-state index contributed by atoms with van der Waals surface area (Å²) in [5.74, 6) is 0.0776. The van der Waals surface area contributed by atoms with Crippen molar-refractivity contribution in [1.82, 2.24) is 20.3 Å². The molecule has 24 heavy (non-hydrogen) atoms. The van der Waals surface area contributed by atoms with Crippen LogP contribution < -0.4 is 5.32 Å². The number of aromatic nitrogens is 3. The summed E-state index contributed by atoms with van der Waals surface area (Å²) in [5.41, 5.74) is 3.26. The van der Waals surface area contributed by atoms with Gasteiger partial charge in [-0.3, -0.25) is 4.79 Å². The van der Waals surface area contributed by atoms with Crippen LogP contribution in [-0.4, -0.2) is 28.0 Å². The van der Waals surface area contributed by atoms with Crippen molar-refractivity contribution in [3.63, 3.8) is 0 Å². The fourth-order valence-electron chi connectivity index (χ4n) is 2.33. The minimum atomic E-state index is -0.477. The Kier molecular flexibility index (Phi) is 4.24. The number of nitrogens with zero attached hydrogens (tertiary/aromatic N) is 3. The van der Waals surface area contributed by atoms with E-state index in [1.54, 1.807) is 11.8 Å². The van der Waals surface area contributed by atoms with Crippen LogP contribution in [0.5, 0.6) is 0 Å². The fourth-order valence-corrected chi connectivity index (χ4v) is 2.33. The van der Waals surface area contributed by atoms with Crippen LogP contribution in [0.1, 0.15) is 31.5 Å². The Morgan fingerprint density at radius 1 is 1.42 bits per heavy atom. The maximum Gasteiger partial charge on any atom is 0.227 e. The molecule has 126 valence electrons. The summed E-state index contributed by atoms with van der Waals surface area (Å²) in [6.45, 7) is 8.22. The lowest BCUT2D eigenvalue weighted by atomic mass is 10.1. The molecule has 1 aromatic heterocycles. The number of nitrogens with one attached hydrogen (secondary N) is 1. The average Bonchev–Trinajstić information content (AvgIpc) is 3.11. The summed E-state index contributed by atoms with van der Waals surface area (Å²) in [7, 11) is 1.65. The van der Waals surface area contributed by atoms with Crippen LogP contribution in [0, 0.1) is 5.92 Å². The van der Waals surface area contributed by atoms with Crippen molar-refractivity contribution in [3.05, 3.63) is 53.9 Å². The summed E-state index contributed by atoms with van der Waals surface area (Å²) >= 11 is 0. The number of rotatable bonds is 6. The predicted molar refractivity (Wildman–Crippen MR) is 90.5 cm³/mol. The fraction of sp³-hybridized carbons (Fsp3) is 0.389. The minimum absolute atomic E-state index is 0.0157. The van der Waals surface area contributed by atoms with Gasteiger partial charge >= 0.3 is 0 Å². The van der Waals surface area contributed by atoms with Gasteiger partial charge < -0.3 is 10.1 Å². The molecule has 1 aliphatic carbocycles. The molecule has 3 rings (SSSR count). The van der Waals surface area contributed by atoms with Gasteiger partial charge in [-0.1, -0.05) is 29.5 Å². The van der Waals surface area contributed by atoms with Gasteiger partial charge in [0.2, 0.25) is 5.91 Å². The van der Waals surface area contributed by atoms with E-state index in [4.69, 9.17) is 4.74 Å². The largest absolute Gasteiger partial charge is 0.372 e. The van der Waals surface area contributed by atoms with Crippen LogP contribution in [0.25, 0.3) is 5.69 Å². The lowest BCUT2D eigenvalue weighted by Gasteiger charge is -2.18. The first-order valence-electron chi connectivity index (χ1n) is 7.93. The molecule has 1 aliphatic rings. The Morgan fingerprint density at radius 3 is 2.67 bits per heavy atom. The Balaban J connectivity index is 1.64. The maximum absolute atomic E-state index is 11.8. The van der Waals surface area contributed by atoms with Crippen molar-refractivity contribution in [1.29, 1.82) is 0 Å². The lowest BCUT2D eigenvalue weighted by Crippen LogP contribution is -2.24. The van der Waals surface area contributed by atoms with Crippen LogP contribution in [0.4, 0.5) is 0 Å². The molecule has 0 saturated heterocycles. The normalized spacial score (nSPS) is 17.0. The standard InChI is InChI=1S/C18H22N4O2/c1-12-9-15(12)17(23)19-10-13-5-7-14(8-6-13)22-11-16(20-21-22)18(2,3)24-4/h5-8,11,15H,1,9-10H2,2-4H3,(H,19,23). The van der Waals surface area contributed by atoms with E-state index in [0.717, 1.165) is 28.9 Å². The first kappa shape index (κ1) is 16.4. The number of amides is 1.